The molecule has 0 atom stereocenters. The first-order chi connectivity index (χ1) is 11.7. The molecular weight excluding hydrogens is 427 g/mol. The number of hydrogen-bond acceptors (Lipinski definition) is 3. The van der Waals surface area contributed by atoms with Gasteiger partial charge in [-0.25, -0.2) is 4.99 Å². The largest absolute Gasteiger partial charge is 0.492 e. The molecule has 0 aromatic heterocycles. The second kappa shape index (κ2) is 12.4. The first kappa shape index (κ1) is 22.0. The van der Waals surface area contributed by atoms with Crippen LogP contribution >= 0.6 is 24.0 Å². The van der Waals surface area contributed by atoms with Crippen LogP contribution in [-0.2, 0) is 6.54 Å². The maximum Gasteiger partial charge on any atom is 0.191 e. The molecule has 1 fully saturated rings. The number of nitrogens with zero attached hydrogens (tertiary/aromatic N) is 2. The Balaban J connectivity index is 0.00000312. The molecule has 0 saturated heterocycles. The van der Waals surface area contributed by atoms with Gasteiger partial charge in [0.25, 0.3) is 0 Å². The molecule has 1 aliphatic carbocycles. The number of guanidine groups is 1. The number of halogens is 1. The number of ether oxygens (including phenoxy) is 1. The molecule has 0 radical (unpaired) electrons. The molecule has 0 heterocycles. The maximum atomic E-state index is 5.92. The maximum absolute atomic E-state index is 5.92. The lowest BCUT2D eigenvalue weighted by Gasteiger charge is -2.17. The van der Waals surface area contributed by atoms with E-state index >= 15 is 0 Å². The summed E-state index contributed by atoms with van der Waals surface area (Å²) in [6, 6.07) is 8.74. The Morgan fingerprint density at radius 3 is 2.64 bits per heavy atom. The number of para-hydroxylation sites is 1. The summed E-state index contributed by atoms with van der Waals surface area (Å²) in [5.74, 6) is 1.84. The molecule has 5 nitrogen and oxygen atoms in total. The van der Waals surface area contributed by atoms with Crippen LogP contribution in [0.4, 0.5) is 0 Å². The quantitative estimate of drug-likeness (QED) is 0.355. The van der Waals surface area contributed by atoms with Crippen LogP contribution < -0.4 is 15.4 Å². The Hall–Kier alpha value is -1.02. The Morgan fingerprint density at radius 1 is 1.24 bits per heavy atom. The highest BCUT2D eigenvalue weighted by atomic mass is 127. The van der Waals surface area contributed by atoms with Crippen molar-refractivity contribution in [3.05, 3.63) is 29.8 Å². The summed E-state index contributed by atoms with van der Waals surface area (Å²) < 4.78 is 5.92. The van der Waals surface area contributed by atoms with Gasteiger partial charge in [-0.1, -0.05) is 31.0 Å². The van der Waals surface area contributed by atoms with Crippen LogP contribution in [0.1, 0.15) is 38.2 Å². The topological polar surface area (TPSA) is 48.9 Å². The number of rotatable bonds is 8. The van der Waals surface area contributed by atoms with Gasteiger partial charge in [0.05, 0.1) is 6.54 Å². The van der Waals surface area contributed by atoms with Crippen molar-refractivity contribution in [2.75, 3.05) is 33.8 Å². The standard InChI is InChI=1S/C19H32N4O.HI/c1-4-20-19(22-17-10-6-7-11-17)21-15-16-9-5-8-12-18(16)24-14-13-23(2)3;/h5,8-9,12,17H,4,6-7,10-11,13-15H2,1-3H3,(H2,20,21,22);1H. The van der Waals surface area contributed by atoms with Gasteiger partial charge in [0.2, 0.25) is 0 Å². The van der Waals surface area contributed by atoms with Crippen molar-refractivity contribution in [2.45, 2.75) is 45.2 Å². The number of aliphatic imine (C=N–C) groups is 1. The fourth-order valence-electron chi connectivity index (χ4n) is 2.86. The highest BCUT2D eigenvalue weighted by Gasteiger charge is 2.15. The van der Waals surface area contributed by atoms with Crippen LogP contribution in [0.5, 0.6) is 5.75 Å². The molecule has 0 spiro atoms. The second-order valence-electron chi connectivity index (χ2n) is 6.58. The van der Waals surface area contributed by atoms with Gasteiger partial charge in [0.15, 0.2) is 5.96 Å². The molecule has 142 valence electrons. The molecule has 25 heavy (non-hydrogen) atoms. The fraction of sp³-hybridized carbons (Fsp3) is 0.632. The van der Waals surface area contributed by atoms with Crippen molar-refractivity contribution in [1.82, 2.24) is 15.5 Å². The summed E-state index contributed by atoms with van der Waals surface area (Å²) >= 11 is 0. The Labute approximate surface area is 169 Å². The van der Waals surface area contributed by atoms with E-state index in [2.05, 4.69) is 42.6 Å². The van der Waals surface area contributed by atoms with Gasteiger partial charge in [-0.3, -0.25) is 0 Å². The summed E-state index contributed by atoms with van der Waals surface area (Å²) in [4.78, 5) is 6.88. The van der Waals surface area contributed by atoms with E-state index in [0.717, 1.165) is 30.4 Å². The van der Waals surface area contributed by atoms with E-state index in [1.807, 2.05) is 18.2 Å². The first-order valence-electron chi connectivity index (χ1n) is 9.09. The molecule has 1 aliphatic rings. The number of likely N-dealkylation sites (N-methyl/N-ethyl adjacent to an activating group) is 1. The molecule has 2 N–H and O–H groups in total. The zero-order valence-corrected chi connectivity index (χ0v) is 18.1. The van der Waals surface area contributed by atoms with E-state index in [9.17, 15) is 0 Å². The molecule has 1 aromatic rings. The van der Waals surface area contributed by atoms with Gasteiger partial charge in [0.1, 0.15) is 12.4 Å². The lowest BCUT2D eigenvalue weighted by atomic mass is 10.2. The lowest BCUT2D eigenvalue weighted by molar-refractivity contribution is 0.259. The lowest BCUT2D eigenvalue weighted by Crippen LogP contribution is -2.42. The SMILES string of the molecule is CCNC(=NCc1ccccc1OCCN(C)C)NC1CCCC1.I. The molecule has 2 rings (SSSR count). The third kappa shape index (κ3) is 8.27. The normalized spacial score (nSPS) is 15.1. The van der Waals surface area contributed by atoms with Crippen LogP contribution in [0, 0.1) is 0 Å². The average Bonchev–Trinajstić information content (AvgIpc) is 3.06. The minimum absolute atomic E-state index is 0. The predicted molar refractivity (Wildman–Crippen MR) is 116 cm³/mol. The smallest absolute Gasteiger partial charge is 0.191 e. The van der Waals surface area contributed by atoms with Crippen molar-refractivity contribution in [3.8, 4) is 5.75 Å². The molecule has 0 aliphatic heterocycles. The number of benzene rings is 1. The molecule has 0 bridgehead atoms. The van der Waals surface area contributed by atoms with Crippen molar-refractivity contribution in [1.29, 1.82) is 0 Å². The van der Waals surface area contributed by atoms with Crippen LogP contribution in [0.15, 0.2) is 29.3 Å². The predicted octanol–water partition coefficient (Wildman–Crippen LogP) is 3.24. The summed E-state index contributed by atoms with van der Waals surface area (Å²) in [5.41, 5.74) is 1.12. The Kier molecular flexibility index (Phi) is 10.9. The van der Waals surface area contributed by atoms with Gasteiger partial charge in [-0.05, 0) is 39.9 Å². The van der Waals surface area contributed by atoms with Gasteiger partial charge >= 0.3 is 0 Å². The summed E-state index contributed by atoms with van der Waals surface area (Å²) in [5, 5.41) is 6.90. The molecule has 0 amide bonds. The molecule has 0 unspecified atom stereocenters. The average molecular weight is 460 g/mol. The van der Waals surface area contributed by atoms with Crippen molar-refractivity contribution in [2.24, 2.45) is 4.99 Å². The fourth-order valence-corrected chi connectivity index (χ4v) is 2.86. The number of nitrogens with one attached hydrogen (secondary N) is 2. The van der Waals surface area contributed by atoms with Crippen molar-refractivity contribution >= 4 is 29.9 Å². The third-order valence-corrected chi connectivity index (χ3v) is 4.22. The summed E-state index contributed by atoms with van der Waals surface area (Å²) in [6.07, 6.45) is 5.13. The minimum Gasteiger partial charge on any atom is -0.492 e. The van der Waals surface area contributed by atoms with Crippen LogP contribution in [0.3, 0.4) is 0 Å². The van der Waals surface area contributed by atoms with E-state index < -0.39 is 0 Å². The highest BCUT2D eigenvalue weighted by molar-refractivity contribution is 14.0. The monoisotopic (exact) mass is 460 g/mol. The molecule has 6 heteroatoms. The number of hydrogen-bond donors (Lipinski definition) is 2. The molecule has 1 saturated carbocycles. The zero-order valence-electron chi connectivity index (χ0n) is 15.8. The van der Waals surface area contributed by atoms with Crippen LogP contribution in [0.25, 0.3) is 0 Å². The second-order valence-corrected chi connectivity index (χ2v) is 6.58. The van der Waals surface area contributed by atoms with E-state index in [4.69, 9.17) is 9.73 Å². The van der Waals surface area contributed by atoms with Gasteiger partial charge in [-0.2, -0.15) is 0 Å². The van der Waals surface area contributed by atoms with Crippen LogP contribution in [0.2, 0.25) is 0 Å². The minimum atomic E-state index is 0. The van der Waals surface area contributed by atoms with Crippen LogP contribution in [-0.4, -0.2) is 50.7 Å². The summed E-state index contributed by atoms with van der Waals surface area (Å²) in [7, 11) is 4.11. The third-order valence-electron chi connectivity index (χ3n) is 4.22. The van der Waals surface area contributed by atoms with E-state index in [0.29, 0.717) is 19.2 Å². The molecular formula is C19H33IN4O. The van der Waals surface area contributed by atoms with Crippen molar-refractivity contribution in [3.63, 3.8) is 0 Å². The molecule has 1 aromatic carbocycles. The van der Waals surface area contributed by atoms with Gasteiger partial charge in [0, 0.05) is 24.7 Å². The Bertz CT molecular complexity index is 516. The van der Waals surface area contributed by atoms with Gasteiger partial charge in [-0.15, -0.1) is 24.0 Å². The van der Waals surface area contributed by atoms with E-state index in [1.54, 1.807) is 0 Å². The van der Waals surface area contributed by atoms with E-state index in [-0.39, 0.29) is 24.0 Å². The van der Waals surface area contributed by atoms with Gasteiger partial charge < -0.3 is 20.3 Å². The van der Waals surface area contributed by atoms with E-state index in [1.165, 1.54) is 25.7 Å². The zero-order chi connectivity index (χ0) is 17.2. The van der Waals surface area contributed by atoms with Crippen molar-refractivity contribution < 1.29 is 4.74 Å². The highest BCUT2D eigenvalue weighted by Crippen LogP contribution is 2.19. The summed E-state index contributed by atoms with van der Waals surface area (Å²) in [6.45, 7) is 5.20. The first-order valence-corrected chi connectivity index (χ1v) is 9.09. The Morgan fingerprint density at radius 2 is 1.96 bits per heavy atom.